The lowest BCUT2D eigenvalue weighted by Crippen LogP contribution is -2.42. The number of hydrogen-bond acceptors (Lipinski definition) is 7. The monoisotopic (exact) mass is 563 g/mol. The summed E-state index contributed by atoms with van der Waals surface area (Å²) in [5.74, 6) is -2.55. The third kappa shape index (κ3) is 5.56. The van der Waals surface area contributed by atoms with E-state index in [4.69, 9.17) is 32.0 Å². The molecule has 9 nitrogen and oxygen atoms in total. The fraction of sp³-hybridized carbons (Fsp3) is 0.160. The van der Waals surface area contributed by atoms with E-state index in [9.17, 15) is 27.9 Å². The number of ketones is 1. The third-order valence-electron chi connectivity index (χ3n) is 5.58. The van der Waals surface area contributed by atoms with Crippen LogP contribution in [0.3, 0.4) is 0 Å². The molecule has 0 fully saturated rings. The predicted molar refractivity (Wildman–Crippen MR) is 135 cm³/mol. The molecule has 2 aromatic carbocycles. The van der Waals surface area contributed by atoms with Gasteiger partial charge in [0.1, 0.15) is 28.0 Å². The molecule has 37 heavy (non-hydrogen) atoms. The van der Waals surface area contributed by atoms with Crippen molar-refractivity contribution in [2.75, 3.05) is 6.26 Å². The lowest BCUT2D eigenvalue weighted by atomic mass is 10.0. The summed E-state index contributed by atoms with van der Waals surface area (Å²) in [6.45, 7) is 1.43. The molecule has 2 heterocycles. The highest BCUT2D eigenvalue weighted by Crippen LogP contribution is 2.29. The number of hydrogen-bond donors (Lipinski definition) is 2. The zero-order valence-electron chi connectivity index (χ0n) is 19.4. The second kappa shape index (κ2) is 10.0. The number of sulfone groups is 1. The van der Waals surface area contributed by atoms with Crippen LogP contribution < -0.4 is 5.32 Å². The minimum atomic E-state index is -3.58. The molecule has 2 aromatic heterocycles. The van der Waals surface area contributed by atoms with Crippen LogP contribution in [0.2, 0.25) is 10.0 Å². The molecule has 0 bridgehead atoms. The molecular weight excluding hydrogens is 545 g/mol. The predicted octanol–water partition coefficient (Wildman–Crippen LogP) is 4.70. The fourth-order valence-corrected chi connectivity index (χ4v) is 5.38. The number of carboxylic acid groups (broad SMARTS) is 1. The van der Waals surface area contributed by atoms with Crippen LogP contribution in [-0.4, -0.2) is 43.5 Å². The number of fused-ring (bicyclic) bond motifs is 1. The number of amides is 1. The topological polar surface area (TPSA) is 144 Å². The lowest BCUT2D eigenvalue weighted by Gasteiger charge is -2.15. The summed E-state index contributed by atoms with van der Waals surface area (Å²) in [7, 11) is -3.58. The Kier molecular flexibility index (Phi) is 7.18. The van der Waals surface area contributed by atoms with Crippen LogP contribution >= 0.6 is 23.2 Å². The molecule has 0 saturated heterocycles. The van der Waals surface area contributed by atoms with Gasteiger partial charge in [0.15, 0.2) is 15.6 Å². The van der Waals surface area contributed by atoms with Gasteiger partial charge in [-0.1, -0.05) is 35.3 Å². The number of aliphatic carboxylic acids is 1. The molecule has 4 rings (SSSR count). The van der Waals surface area contributed by atoms with Crippen LogP contribution in [0.5, 0.6) is 0 Å². The van der Waals surface area contributed by atoms with Gasteiger partial charge in [-0.25, -0.2) is 13.2 Å². The quantitative estimate of drug-likeness (QED) is 0.293. The average molecular weight is 564 g/mol. The number of carbonyl (C=O) groups is 3. The van der Waals surface area contributed by atoms with E-state index < -0.39 is 33.5 Å². The highest BCUT2D eigenvalue weighted by atomic mass is 35.5. The van der Waals surface area contributed by atoms with Crippen molar-refractivity contribution in [3.8, 4) is 0 Å². The van der Waals surface area contributed by atoms with Crippen molar-refractivity contribution in [3.05, 3.63) is 87.0 Å². The van der Waals surface area contributed by atoms with Gasteiger partial charge in [-0.15, -0.1) is 0 Å². The molecule has 0 radical (unpaired) electrons. The van der Waals surface area contributed by atoms with E-state index in [2.05, 4.69) is 5.32 Å². The molecule has 4 aromatic rings. The third-order valence-corrected chi connectivity index (χ3v) is 7.38. The maximum atomic E-state index is 13.0. The Hall–Kier alpha value is -3.60. The van der Waals surface area contributed by atoms with E-state index >= 15 is 0 Å². The van der Waals surface area contributed by atoms with Crippen molar-refractivity contribution in [1.29, 1.82) is 0 Å². The van der Waals surface area contributed by atoms with E-state index in [-0.39, 0.29) is 44.0 Å². The summed E-state index contributed by atoms with van der Waals surface area (Å²) in [6.07, 6.45) is 2.17. The van der Waals surface area contributed by atoms with Crippen molar-refractivity contribution in [2.45, 2.75) is 24.3 Å². The Morgan fingerprint density at radius 1 is 1.03 bits per heavy atom. The normalized spacial score (nSPS) is 12.4. The number of carbonyl (C=O) groups excluding carboxylic acids is 2. The van der Waals surface area contributed by atoms with E-state index in [1.165, 1.54) is 31.4 Å². The number of nitrogens with one attached hydrogen (secondary N) is 1. The summed E-state index contributed by atoms with van der Waals surface area (Å²) in [5.41, 5.74) is 0.737. The van der Waals surface area contributed by atoms with E-state index in [0.29, 0.717) is 11.1 Å². The first-order valence-electron chi connectivity index (χ1n) is 10.7. The Labute approximate surface area is 220 Å². The molecule has 2 N–H and O–H groups in total. The van der Waals surface area contributed by atoms with Crippen molar-refractivity contribution in [3.63, 3.8) is 0 Å². The minimum Gasteiger partial charge on any atom is -0.480 e. The molecule has 0 spiro atoms. The first kappa shape index (κ1) is 26.5. The first-order chi connectivity index (χ1) is 17.3. The summed E-state index contributed by atoms with van der Waals surface area (Å²) < 4.78 is 34.4. The van der Waals surface area contributed by atoms with Crippen molar-refractivity contribution >= 4 is 61.7 Å². The standard InChI is InChI=1S/C25H19Cl2NO8S/c1-12-21(37(2,33)34)11-16(36-12)10-19(25(31)32)28-24(30)22-17(26)7-15(8-18(22)27)23(29)14-4-3-13-5-6-35-20(13)9-14/h3-9,11,19H,10H2,1-2H3,(H,28,30)(H,31,32)/t19-/m0/s1. The van der Waals surface area contributed by atoms with Gasteiger partial charge in [-0.2, -0.15) is 0 Å². The smallest absolute Gasteiger partial charge is 0.326 e. The molecule has 0 aliphatic carbocycles. The fourth-order valence-electron chi connectivity index (χ4n) is 3.81. The molecule has 1 amide bonds. The molecule has 0 unspecified atom stereocenters. The number of halogens is 2. The van der Waals surface area contributed by atoms with E-state index in [1.54, 1.807) is 24.3 Å². The second-order valence-electron chi connectivity index (χ2n) is 8.29. The Morgan fingerprint density at radius 2 is 1.70 bits per heavy atom. The molecular formula is C25H19Cl2NO8S. The second-order valence-corrected chi connectivity index (χ2v) is 11.1. The lowest BCUT2D eigenvalue weighted by molar-refractivity contribution is -0.139. The van der Waals surface area contributed by atoms with Gasteiger partial charge in [0, 0.05) is 29.2 Å². The zero-order valence-corrected chi connectivity index (χ0v) is 21.7. The van der Waals surface area contributed by atoms with Crippen LogP contribution in [0, 0.1) is 6.92 Å². The Bertz CT molecular complexity index is 1650. The summed E-state index contributed by atoms with van der Waals surface area (Å²) in [5, 5.41) is 12.4. The Morgan fingerprint density at radius 3 is 2.30 bits per heavy atom. The number of rotatable bonds is 8. The summed E-state index contributed by atoms with van der Waals surface area (Å²) in [4.78, 5) is 37.6. The maximum Gasteiger partial charge on any atom is 0.326 e. The highest BCUT2D eigenvalue weighted by Gasteiger charge is 2.27. The summed E-state index contributed by atoms with van der Waals surface area (Å²) in [6, 6.07) is 8.93. The van der Waals surface area contributed by atoms with Crippen LogP contribution in [0.15, 0.2) is 62.5 Å². The van der Waals surface area contributed by atoms with Gasteiger partial charge in [-0.05, 0) is 37.3 Å². The maximum absolute atomic E-state index is 13.0. The molecule has 12 heteroatoms. The van der Waals surface area contributed by atoms with Gasteiger partial charge in [-0.3, -0.25) is 9.59 Å². The van der Waals surface area contributed by atoms with Crippen LogP contribution in [0.1, 0.15) is 37.8 Å². The number of aryl methyl sites for hydroxylation is 1. The van der Waals surface area contributed by atoms with Crippen LogP contribution in [-0.2, 0) is 21.1 Å². The van der Waals surface area contributed by atoms with Crippen LogP contribution in [0.4, 0.5) is 0 Å². The zero-order chi connectivity index (χ0) is 27.1. The molecule has 0 aliphatic rings. The van der Waals surface area contributed by atoms with E-state index in [0.717, 1.165) is 11.6 Å². The summed E-state index contributed by atoms with van der Waals surface area (Å²) >= 11 is 12.6. The van der Waals surface area contributed by atoms with Crippen molar-refractivity contribution < 1.29 is 36.7 Å². The van der Waals surface area contributed by atoms with Gasteiger partial charge in [0.2, 0.25) is 0 Å². The van der Waals surface area contributed by atoms with Crippen LogP contribution in [0.25, 0.3) is 11.0 Å². The average Bonchev–Trinajstić information content (AvgIpc) is 3.42. The number of furan rings is 2. The number of benzene rings is 2. The van der Waals surface area contributed by atoms with Gasteiger partial charge < -0.3 is 19.3 Å². The van der Waals surface area contributed by atoms with Gasteiger partial charge >= 0.3 is 5.97 Å². The van der Waals surface area contributed by atoms with Crippen molar-refractivity contribution in [2.24, 2.45) is 0 Å². The van der Waals surface area contributed by atoms with Crippen molar-refractivity contribution in [1.82, 2.24) is 5.32 Å². The van der Waals surface area contributed by atoms with Gasteiger partial charge in [0.05, 0.1) is 21.9 Å². The molecule has 1 atom stereocenters. The minimum absolute atomic E-state index is 0.0530. The highest BCUT2D eigenvalue weighted by molar-refractivity contribution is 7.90. The molecule has 0 aliphatic heterocycles. The SMILES string of the molecule is Cc1oc(C[C@H](NC(=O)c2c(Cl)cc(C(=O)c3ccc4ccoc4c3)cc2Cl)C(=O)O)cc1S(C)(=O)=O. The molecule has 0 saturated carbocycles. The number of carboxylic acids is 1. The Balaban J connectivity index is 1.56. The van der Waals surface area contributed by atoms with E-state index in [1.807, 2.05) is 0 Å². The first-order valence-corrected chi connectivity index (χ1v) is 13.3. The molecule has 192 valence electrons. The largest absolute Gasteiger partial charge is 0.480 e. The van der Waals surface area contributed by atoms with Gasteiger partial charge in [0.25, 0.3) is 5.91 Å².